The smallest absolute Gasteiger partial charge is 0.181 e. The average molecular weight is 317 g/mol. The summed E-state index contributed by atoms with van der Waals surface area (Å²) in [7, 11) is 1.50. The first-order chi connectivity index (χ1) is 11.8. The van der Waals surface area contributed by atoms with Gasteiger partial charge in [0.2, 0.25) is 0 Å². The first-order valence-corrected chi connectivity index (χ1v) is 7.97. The zero-order chi connectivity index (χ0) is 16.9. The number of rotatable bonds is 2. The van der Waals surface area contributed by atoms with Gasteiger partial charge in [-0.25, -0.2) is 4.98 Å². The Morgan fingerprint density at radius 3 is 2.79 bits per heavy atom. The van der Waals surface area contributed by atoms with Crippen molar-refractivity contribution in [2.75, 3.05) is 7.05 Å². The summed E-state index contributed by atoms with van der Waals surface area (Å²) in [6.45, 7) is 0. The number of aromatic nitrogens is 3. The van der Waals surface area contributed by atoms with E-state index in [1.807, 2.05) is 18.2 Å². The van der Waals surface area contributed by atoms with Crippen LogP contribution in [-0.4, -0.2) is 22.2 Å². The monoisotopic (exact) mass is 317 g/mol. The van der Waals surface area contributed by atoms with E-state index in [2.05, 4.69) is 45.2 Å². The molecule has 4 rings (SSSR count). The van der Waals surface area contributed by atoms with Crippen LogP contribution in [0.5, 0.6) is 0 Å². The topological polar surface area (TPSA) is 91.4 Å². The number of nitrogens with one attached hydrogen (secondary N) is 1. The van der Waals surface area contributed by atoms with Gasteiger partial charge in [0.25, 0.3) is 0 Å². The standard InChI is InChI=1S/C18H14N4.CH5N/c19-11-12-4-1-7-14(10-12)17-20-18(22-21-17)16-9-3-6-13-5-2-8-15(13)16;1-2/h1,3-4,6-7,9-10H,2,5,8H2,(H,20,21,22);2H2,1H3. The van der Waals surface area contributed by atoms with Crippen molar-refractivity contribution < 1.29 is 0 Å². The molecule has 24 heavy (non-hydrogen) atoms. The second kappa shape index (κ2) is 7.07. The van der Waals surface area contributed by atoms with E-state index in [0.717, 1.165) is 29.8 Å². The number of fused-ring (bicyclic) bond motifs is 1. The van der Waals surface area contributed by atoms with Gasteiger partial charge in [-0.15, -0.1) is 0 Å². The van der Waals surface area contributed by atoms with Crippen LogP contribution in [0.2, 0.25) is 0 Å². The molecule has 0 spiro atoms. The number of nitrogens with zero attached hydrogens (tertiary/aromatic N) is 3. The first-order valence-electron chi connectivity index (χ1n) is 7.97. The number of H-pyrrole nitrogens is 1. The Morgan fingerprint density at radius 2 is 1.96 bits per heavy atom. The van der Waals surface area contributed by atoms with Crippen LogP contribution >= 0.6 is 0 Å². The van der Waals surface area contributed by atoms with E-state index in [1.165, 1.54) is 24.6 Å². The van der Waals surface area contributed by atoms with E-state index >= 15 is 0 Å². The molecule has 0 saturated carbocycles. The molecule has 0 atom stereocenters. The van der Waals surface area contributed by atoms with Crippen molar-refractivity contribution in [2.45, 2.75) is 19.3 Å². The molecular formula is C19H19N5. The van der Waals surface area contributed by atoms with Gasteiger partial charge < -0.3 is 5.73 Å². The van der Waals surface area contributed by atoms with Crippen LogP contribution in [0, 0.1) is 11.3 Å². The molecule has 2 aromatic carbocycles. The molecule has 5 heteroatoms. The molecule has 3 N–H and O–H groups in total. The maximum atomic E-state index is 9.00. The van der Waals surface area contributed by atoms with Gasteiger partial charge in [-0.2, -0.15) is 10.4 Å². The van der Waals surface area contributed by atoms with Gasteiger partial charge in [0.1, 0.15) is 0 Å². The van der Waals surface area contributed by atoms with Crippen molar-refractivity contribution in [1.29, 1.82) is 5.26 Å². The number of hydrogen-bond donors (Lipinski definition) is 2. The molecular weight excluding hydrogens is 298 g/mol. The maximum absolute atomic E-state index is 9.00. The van der Waals surface area contributed by atoms with Crippen molar-refractivity contribution in [3.05, 3.63) is 59.2 Å². The summed E-state index contributed by atoms with van der Waals surface area (Å²) in [6.07, 6.45) is 3.46. The fourth-order valence-electron chi connectivity index (χ4n) is 3.08. The summed E-state index contributed by atoms with van der Waals surface area (Å²) in [5, 5.41) is 16.4. The molecule has 1 aliphatic rings. The second-order valence-electron chi connectivity index (χ2n) is 5.50. The second-order valence-corrected chi connectivity index (χ2v) is 5.50. The minimum atomic E-state index is 0.615. The van der Waals surface area contributed by atoms with Crippen molar-refractivity contribution in [1.82, 2.24) is 15.2 Å². The predicted molar refractivity (Wildman–Crippen MR) is 94.1 cm³/mol. The number of nitriles is 1. The quantitative estimate of drug-likeness (QED) is 0.760. The summed E-state index contributed by atoms with van der Waals surface area (Å²) >= 11 is 0. The minimum absolute atomic E-state index is 0.615. The Balaban J connectivity index is 0.000000815. The Bertz CT molecular complexity index is 889. The van der Waals surface area contributed by atoms with E-state index < -0.39 is 0 Å². The highest BCUT2D eigenvalue weighted by atomic mass is 15.2. The third-order valence-corrected chi connectivity index (χ3v) is 4.14. The third-order valence-electron chi connectivity index (χ3n) is 4.14. The number of benzene rings is 2. The number of hydrogen-bond acceptors (Lipinski definition) is 4. The van der Waals surface area contributed by atoms with E-state index in [9.17, 15) is 0 Å². The van der Waals surface area contributed by atoms with Gasteiger partial charge >= 0.3 is 0 Å². The summed E-state index contributed by atoms with van der Waals surface area (Å²) in [6, 6.07) is 15.9. The zero-order valence-electron chi connectivity index (χ0n) is 13.6. The Kier molecular flexibility index (Phi) is 4.69. The molecule has 0 amide bonds. The predicted octanol–water partition coefficient (Wildman–Crippen LogP) is 3.07. The normalized spacial score (nSPS) is 12.0. The van der Waals surface area contributed by atoms with Crippen LogP contribution in [0.15, 0.2) is 42.5 Å². The number of aromatic amines is 1. The molecule has 1 heterocycles. The highest BCUT2D eigenvalue weighted by Crippen LogP contribution is 2.31. The van der Waals surface area contributed by atoms with Crippen LogP contribution in [0.4, 0.5) is 0 Å². The van der Waals surface area contributed by atoms with Gasteiger partial charge in [-0.3, -0.25) is 5.10 Å². The number of nitrogens with two attached hydrogens (primary N) is 1. The average Bonchev–Trinajstić information content (AvgIpc) is 3.32. The highest BCUT2D eigenvalue weighted by molar-refractivity contribution is 5.66. The molecule has 120 valence electrons. The van der Waals surface area contributed by atoms with Crippen LogP contribution < -0.4 is 5.73 Å². The molecule has 0 fully saturated rings. The van der Waals surface area contributed by atoms with E-state index in [-0.39, 0.29) is 0 Å². The third kappa shape index (κ3) is 2.92. The molecule has 1 aliphatic carbocycles. The lowest BCUT2D eigenvalue weighted by molar-refractivity contribution is 0.911. The van der Waals surface area contributed by atoms with Gasteiger partial charge in [0.05, 0.1) is 11.6 Å². The molecule has 1 aromatic heterocycles. The van der Waals surface area contributed by atoms with Crippen LogP contribution in [0.25, 0.3) is 22.8 Å². The summed E-state index contributed by atoms with van der Waals surface area (Å²) in [5.74, 6) is 1.43. The maximum Gasteiger partial charge on any atom is 0.181 e. The lowest BCUT2D eigenvalue weighted by atomic mass is 10.0. The SMILES string of the molecule is CN.N#Cc1cccc(-c2n[nH]c(-c3cccc4c3CCC4)n2)c1. The van der Waals surface area contributed by atoms with Crippen molar-refractivity contribution >= 4 is 0 Å². The van der Waals surface area contributed by atoms with Gasteiger partial charge in [-0.1, -0.05) is 30.3 Å². The van der Waals surface area contributed by atoms with Crippen LogP contribution in [-0.2, 0) is 12.8 Å². The summed E-state index contributed by atoms with van der Waals surface area (Å²) in [4.78, 5) is 4.63. The molecule has 0 saturated heterocycles. The van der Waals surface area contributed by atoms with E-state index in [0.29, 0.717) is 11.4 Å². The molecule has 3 aromatic rings. The lowest BCUT2D eigenvalue weighted by Crippen LogP contribution is -1.90. The van der Waals surface area contributed by atoms with Gasteiger partial charge in [-0.05, 0) is 49.6 Å². The molecule has 5 nitrogen and oxygen atoms in total. The minimum Gasteiger partial charge on any atom is -0.333 e. The Morgan fingerprint density at radius 1 is 1.12 bits per heavy atom. The molecule has 0 radical (unpaired) electrons. The fraction of sp³-hybridized carbons (Fsp3) is 0.211. The van der Waals surface area contributed by atoms with Gasteiger partial charge in [0.15, 0.2) is 11.6 Å². The highest BCUT2D eigenvalue weighted by Gasteiger charge is 2.17. The lowest BCUT2D eigenvalue weighted by Gasteiger charge is -2.04. The number of aryl methyl sites for hydroxylation is 1. The Labute approximate surface area is 141 Å². The zero-order valence-corrected chi connectivity index (χ0v) is 13.6. The Hall–Kier alpha value is -2.97. The van der Waals surface area contributed by atoms with Crippen LogP contribution in [0.3, 0.4) is 0 Å². The molecule has 0 bridgehead atoms. The largest absolute Gasteiger partial charge is 0.333 e. The van der Waals surface area contributed by atoms with Gasteiger partial charge in [0, 0.05) is 11.1 Å². The van der Waals surface area contributed by atoms with Crippen LogP contribution in [0.1, 0.15) is 23.1 Å². The van der Waals surface area contributed by atoms with E-state index in [1.54, 1.807) is 6.07 Å². The van der Waals surface area contributed by atoms with E-state index in [4.69, 9.17) is 5.26 Å². The van der Waals surface area contributed by atoms with Crippen molar-refractivity contribution in [2.24, 2.45) is 5.73 Å². The van der Waals surface area contributed by atoms with Crippen molar-refractivity contribution in [3.63, 3.8) is 0 Å². The molecule has 0 unspecified atom stereocenters. The summed E-state index contributed by atoms with van der Waals surface area (Å²) < 4.78 is 0. The summed E-state index contributed by atoms with van der Waals surface area (Å²) in [5.41, 5.74) is 9.92. The van der Waals surface area contributed by atoms with Crippen molar-refractivity contribution in [3.8, 4) is 28.8 Å². The fourth-order valence-corrected chi connectivity index (χ4v) is 3.08. The molecule has 0 aliphatic heterocycles. The first kappa shape index (κ1) is 15.9.